The molecule has 0 fully saturated rings. The van der Waals surface area contributed by atoms with Crippen molar-refractivity contribution in [1.29, 1.82) is 0 Å². The molecule has 1 aromatic carbocycles. The van der Waals surface area contributed by atoms with E-state index in [1.807, 2.05) is 12.1 Å². The summed E-state index contributed by atoms with van der Waals surface area (Å²) < 4.78 is 35.5. The molecule has 0 spiro atoms. The number of halogens is 1. The minimum atomic E-state index is -3.13. The van der Waals surface area contributed by atoms with E-state index in [9.17, 15) is 8.42 Å². The van der Waals surface area contributed by atoms with Crippen LogP contribution in [-0.2, 0) is 16.6 Å². The Bertz CT molecular complexity index is 549. The van der Waals surface area contributed by atoms with Crippen molar-refractivity contribution in [3.63, 3.8) is 0 Å². The SMILES string of the molecule is COc1cc(Br)c(CNCCNS(C)(=O)=O)cc1OC. The first-order chi connectivity index (χ1) is 9.37. The summed E-state index contributed by atoms with van der Waals surface area (Å²) in [6.07, 6.45) is 1.14. The highest BCUT2D eigenvalue weighted by atomic mass is 79.9. The predicted octanol–water partition coefficient (Wildman–Crippen LogP) is 1.11. The van der Waals surface area contributed by atoms with Crippen molar-refractivity contribution in [1.82, 2.24) is 10.0 Å². The van der Waals surface area contributed by atoms with Gasteiger partial charge in [0.15, 0.2) is 11.5 Å². The van der Waals surface area contributed by atoms with Crippen LogP contribution in [0.1, 0.15) is 5.56 Å². The summed E-state index contributed by atoms with van der Waals surface area (Å²) in [6.45, 7) is 1.48. The molecule has 0 unspecified atom stereocenters. The Morgan fingerprint density at radius 3 is 2.30 bits per heavy atom. The molecule has 0 aliphatic rings. The number of sulfonamides is 1. The molecule has 0 amide bonds. The fourth-order valence-corrected chi connectivity index (χ4v) is 2.52. The molecule has 6 nitrogen and oxygen atoms in total. The lowest BCUT2D eigenvalue weighted by Crippen LogP contribution is -2.30. The van der Waals surface area contributed by atoms with Crippen molar-refractivity contribution < 1.29 is 17.9 Å². The van der Waals surface area contributed by atoms with Crippen molar-refractivity contribution in [2.45, 2.75) is 6.54 Å². The molecule has 0 heterocycles. The van der Waals surface area contributed by atoms with Gasteiger partial charge in [0.1, 0.15) is 0 Å². The second-order valence-electron chi connectivity index (χ2n) is 4.14. The van der Waals surface area contributed by atoms with E-state index >= 15 is 0 Å². The predicted molar refractivity (Wildman–Crippen MR) is 81.8 cm³/mol. The first kappa shape index (κ1) is 17.2. The number of hydrogen-bond acceptors (Lipinski definition) is 5. The van der Waals surface area contributed by atoms with Gasteiger partial charge in [-0.25, -0.2) is 13.1 Å². The molecule has 114 valence electrons. The molecular formula is C12H19BrN2O4S. The van der Waals surface area contributed by atoms with Crippen LogP contribution in [0.15, 0.2) is 16.6 Å². The number of rotatable bonds is 8. The molecule has 0 saturated carbocycles. The number of ether oxygens (including phenoxy) is 2. The van der Waals surface area contributed by atoms with Crippen LogP contribution in [0.2, 0.25) is 0 Å². The fraction of sp³-hybridized carbons (Fsp3) is 0.500. The normalized spacial score (nSPS) is 11.4. The average Bonchev–Trinajstić information content (AvgIpc) is 2.38. The molecular weight excluding hydrogens is 348 g/mol. The third-order valence-electron chi connectivity index (χ3n) is 2.53. The van der Waals surface area contributed by atoms with Crippen LogP contribution in [0.25, 0.3) is 0 Å². The third-order valence-corrected chi connectivity index (χ3v) is 4.00. The van der Waals surface area contributed by atoms with E-state index in [0.717, 1.165) is 16.3 Å². The number of nitrogens with one attached hydrogen (secondary N) is 2. The number of benzene rings is 1. The first-order valence-corrected chi connectivity index (χ1v) is 8.61. The van der Waals surface area contributed by atoms with E-state index in [4.69, 9.17) is 9.47 Å². The quantitative estimate of drug-likeness (QED) is 0.673. The van der Waals surface area contributed by atoms with Gasteiger partial charge in [-0.3, -0.25) is 0 Å². The van der Waals surface area contributed by atoms with Gasteiger partial charge in [-0.15, -0.1) is 0 Å². The highest BCUT2D eigenvalue weighted by Crippen LogP contribution is 2.33. The average molecular weight is 367 g/mol. The van der Waals surface area contributed by atoms with Gasteiger partial charge in [-0.2, -0.15) is 0 Å². The van der Waals surface area contributed by atoms with Crippen LogP contribution in [0.3, 0.4) is 0 Å². The lowest BCUT2D eigenvalue weighted by molar-refractivity contribution is 0.354. The van der Waals surface area contributed by atoms with E-state index in [2.05, 4.69) is 26.0 Å². The Labute approximate surface area is 128 Å². The zero-order valence-electron chi connectivity index (χ0n) is 11.7. The topological polar surface area (TPSA) is 76.7 Å². The lowest BCUT2D eigenvalue weighted by atomic mass is 10.2. The molecule has 0 aliphatic heterocycles. The maximum absolute atomic E-state index is 10.9. The molecule has 0 bridgehead atoms. The summed E-state index contributed by atoms with van der Waals surface area (Å²) >= 11 is 3.47. The van der Waals surface area contributed by atoms with E-state index < -0.39 is 10.0 Å². The van der Waals surface area contributed by atoms with Crippen molar-refractivity contribution in [3.05, 3.63) is 22.2 Å². The Kier molecular flexibility index (Phi) is 6.74. The summed E-state index contributed by atoms with van der Waals surface area (Å²) in [5.74, 6) is 1.31. The zero-order chi connectivity index (χ0) is 15.2. The van der Waals surface area contributed by atoms with Crippen LogP contribution < -0.4 is 19.5 Å². The van der Waals surface area contributed by atoms with Gasteiger partial charge >= 0.3 is 0 Å². The molecule has 1 aromatic rings. The van der Waals surface area contributed by atoms with E-state index in [0.29, 0.717) is 31.1 Å². The second-order valence-corrected chi connectivity index (χ2v) is 6.83. The first-order valence-electron chi connectivity index (χ1n) is 5.93. The van der Waals surface area contributed by atoms with Gasteiger partial charge in [0, 0.05) is 24.1 Å². The molecule has 8 heteroatoms. The minimum Gasteiger partial charge on any atom is -0.493 e. The minimum absolute atomic E-state index is 0.351. The van der Waals surface area contributed by atoms with Gasteiger partial charge in [0.05, 0.1) is 20.5 Å². The standard InChI is InChI=1S/C12H19BrN2O4S/c1-18-11-6-9(10(13)7-12(11)19-2)8-14-4-5-15-20(3,16)17/h6-7,14-15H,4-5,8H2,1-3H3. The summed E-state index contributed by atoms with van der Waals surface area (Å²) in [7, 11) is 0.0319. The Balaban J connectivity index is 2.56. The van der Waals surface area contributed by atoms with Crippen LogP contribution in [0, 0.1) is 0 Å². The number of methoxy groups -OCH3 is 2. The van der Waals surface area contributed by atoms with Gasteiger partial charge in [0.25, 0.3) is 0 Å². The fourth-order valence-electron chi connectivity index (χ4n) is 1.58. The van der Waals surface area contributed by atoms with E-state index in [-0.39, 0.29) is 0 Å². The lowest BCUT2D eigenvalue weighted by Gasteiger charge is -2.12. The van der Waals surface area contributed by atoms with Crippen molar-refractivity contribution in [2.75, 3.05) is 33.6 Å². The second kappa shape index (κ2) is 7.82. The zero-order valence-corrected chi connectivity index (χ0v) is 14.1. The number of hydrogen-bond donors (Lipinski definition) is 2. The Morgan fingerprint density at radius 2 is 1.75 bits per heavy atom. The van der Waals surface area contributed by atoms with Crippen molar-refractivity contribution in [3.8, 4) is 11.5 Å². The smallest absolute Gasteiger partial charge is 0.208 e. The van der Waals surface area contributed by atoms with Crippen LogP contribution in [-0.4, -0.2) is 42.0 Å². The maximum Gasteiger partial charge on any atom is 0.208 e. The maximum atomic E-state index is 10.9. The molecule has 0 aliphatic carbocycles. The van der Waals surface area contributed by atoms with Crippen LogP contribution >= 0.6 is 15.9 Å². The van der Waals surface area contributed by atoms with Gasteiger partial charge < -0.3 is 14.8 Å². The van der Waals surface area contributed by atoms with Crippen LogP contribution in [0.5, 0.6) is 11.5 Å². The van der Waals surface area contributed by atoms with E-state index in [1.165, 1.54) is 0 Å². The summed E-state index contributed by atoms with van der Waals surface area (Å²) in [6, 6.07) is 3.71. The third kappa shape index (κ3) is 5.66. The Hall–Kier alpha value is -0.830. The molecule has 0 aromatic heterocycles. The van der Waals surface area contributed by atoms with Gasteiger partial charge in [-0.1, -0.05) is 15.9 Å². The summed E-state index contributed by atoms with van der Waals surface area (Å²) in [4.78, 5) is 0. The monoisotopic (exact) mass is 366 g/mol. The Morgan fingerprint density at radius 1 is 1.15 bits per heavy atom. The van der Waals surface area contributed by atoms with Crippen molar-refractivity contribution >= 4 is 26.0 Å². The van der Waals surface area contributed by atoms with E-state index in [1.54, 1.807) is 14.2 Å². The highest BCUT2D eigenvalue weighted by molar-refractivity contribution is 9.10. The van der Waals surface area contributed by atoms with Crippen LogP contribution in [0.4, 0.5) is 0 Å². The molecule has 0 atom stereocenters. The van der Waals surface area contributed by atoms with Crippen molar-refractivity contribution in [2.24, 2.45) is 0 Å². The van der Waals surface area contributed by atoms with Gasteiger partial charge in [-0.05, 0) is 17.7 Å². The summed E-state index contributed by atoms with van der Waals surface area (Å²) in [5.41, 5.74) is 1.00. The highest BCUT2D eigenvalue weighted by Gasteiger charge is 2.09. The molecule has 1 rings (SSSR count). The molecule has 0 radical (unpaired) electrons. The molecule has 0 saturated heterocycles. The summed E-state index contributed by atoms with van der Waals surface area (Å²) in [5, 5.41) is 3.15. The largest absolute Gasteiger partial charge is 0.493 e. The van der Waals surface area contributed by atoms with Gasteiger partial charge in [0.2, 0.25) is 10.0 Å². The molecule has 20 heavy (non-hydrogen) atoms. The molecule has 2 N–H and O–H groups in total.